The van der Waals surface area contributed by atoms with Crippen LogP contribution in [0.25, 0.3) is 5.65 Å². The zero-order chi connectivity index (χ0) is 27.4. The summed E-state index contributed by atoms with van der Waals surface area (Å²) in [5, 5.41) is 17.2. The van der Waals surface area contributed by atoms with Crippen molar-refractivity contribution in [3.63, 3.8) is 0 Å². The molecule has 3 aromatic heterocycles. The molecule has 3 aromatic rings. The zero-order valence-corrected chi connectivity index (χ0v) is 22.1. The molecule has 3 heterocycles. The fraction of sp³-hybridized carbons (Fsp3) is 0.500. The standard InChI is InChI=1S/C26H34FN9O3/c1-35(2)11-12-39-26(38)32-18-7-5-17(6-8-18)31-23-13-21(30-16-3-4-16)24-29-15-22(36(24)34-23)25(37)33-20-9-10-28-14-19(20)27/h9-10,13-18,30H,3-8,11-12H2,1-2H3,(H,31,34)(H,32,38)(H,28,33,37). The van der Waals surface area contributed by atoms with Gasteiger partial charge in [-0.2, -0.15) is 0 Å². The average molecular weight is 540 g/mol. The van der Waals surface area contributed by atoms with Gasteiger partial charge in [-0.25, -0.2) is 18.7 Å². The highest BCUT2D eigenvalue weighted by molar-refractivity contribution is 6.03. The molecule has 208 valence electrons. The van der Waals surface area contributed by atoms with Gasteiger partial charge in [0.25, 0.3) is 5.91 Å². The predicted molar refractivity (Wildman–Crippen MR) is 144 cm³/mol. The molecule has 5 rings (SSSR count). The number of amides is 2. The predicted octanol–water partition coefficient (Wildman–Crippen LogP) is 3.10. The lowest BCUT2D eigenvalue weighted by molar-refractivity contribution is 0.101. The minimum atomic E-state index is -0.627. The van der Waals surface area contributed by atoms with Gasteiger partial charge in [-0.3, -0.25) is 9.78 Å². The number of carbonyl (C=O) groups excluding carboxylic acids is 2. The minimum Gasteiger partial charge on any atom is -0.448 e. The van der Waals surface area contributed by atoms with Crippen LogP contribution in [0.1, 0.15) is 49.0 Å². The van der Waals surface area contributed by atoms with Gasteiger partial charge in [0.05, 0.1) is 23.8 Å². The Labute approximate surface area is 225 Å². The molecular formula is C26H34FN9O3. The Kier molecular flexibility index (Phi) is 8.05. The molecule has 2 aliphatic carbocycles. The van der Waals surface area contributed by atoms with E-state index < -0.39 is 11.7 Å². The van der Waals surface area contributed by atoms with Gasteiger partial charge in [0.2, 0.25) is 0 Å². The lowest BCUT2D eigenvalue weighted by Gasteiger charge is -2.29. The number of pyridine rings is 1. The summed E-state index contributed by atoms with van der Waals surface area (Å²) in [7, 11) is 3.86. The number of imidazole rings is 1. The number of fused-ring (bicyclic) bond motifs is 1. The average Bonchev–Trinajstić information content (AvgIpc) is 3.61. The van der Waals surface area contributed by atoms with Gasteiger partial charge in [0.1, 0.15) is 12.4 Å². The van der Waals surface area contributed by atoms with Crippen LogP contribution in [0.5, 0.6) is 0 Å². The van der Waals surface area contributed by atoms with E-state index in [9.17, 15) is 14.0 Å². The summed E-state index contributed by atoms with van der Waals surface area (Å²) in [4.78, 5) is 35.2. The molecule has 0 radical (unpaired) electrons. The normalized spacial score (nSPS) is 19.1. The van der Waals surface area contributed by atoms with Gasteiger partial charge >= 0.3 is 6.09 Å². The number of halogens is 1. The van der Waals surface area contributed by atoms with Gasteiger partial charge in [-0.1, -0.05) is 0 Å². The topological polar surface area (TPSA) is 138 Å². The lowest BCUT2D eigenvalue weighted by atomic mass is 9.91. The Bertz CT molecular complexity index is 1320. The first kappa shape index (κ1) is 26.6. The first-order valence-corrected chi connectivity index (χ1v) is 13.3. The van der Waals surface area contributed by atoms with Gasteiger partial charge < -0.3 is 30.9 Å². The number of nitrogens with zero attached hydrogens (tertiary/aromatic N) is 5. The Hall–Kier alpha value is -4.00. The van der Waals surface area contributed by atoms with Crippen molar-refractivity contribution in [2.24, 2.45) is 0 Å². The molecule has 0 bridgehead atoms. The van der Waals surface area contributed by atoms with Crippen molar-refractivity contribution in [3.05, 3.63) is 42.2 Å². The first-order chi connectivity index (χ1) is 18.9. The van der Waals surface area contributed by atoms with E-state index in [1.807, 2.05) is 25.1 Å². The molecule has 2 aliphatic rings. The smallest absolute Gasteiger partial charge is 0.407 e. The third kappa shape index (κ3) is 6.91. The third-order valence-corrected chi connectivity index (χ3v) is 6.83. The number of nitrogens with one attached hydrogen (secondary N) is 4. The number of rotatable bonds is 10. The summed E-state index contributed by atoms with van der Waals surface area (Å²) in [6.45, 7) is 1.03. The molecule has 13 heteroatoms. The van der Waals surface area contributed by atoms with E-state index in [1.165, 1.54) is 23.0 Å². The van der Waals surface area contributed by atoms with E-state index in [1.54, 1.807) is 0 Å². The molecule has 2 saturated carbocycles. The Morgan fingerprint density at radius 3 is 2.49 bits per heavy atom. The van der Waals surface area contributed by atoms with Crippen molar-refractivity contribution in [3.8, 4) is 0 Å². The van der Waals surface area contributed by atoms with Crippen LogP contribution in [-0.2, 0) is 4.74 Å². The van der Waals surface area contributed by atoms with Crippen LogP contribution in [0.3, 0.4) is 0 Å². The molecule has 0 saturated heterocycles. The van der Waals surface area contributed by atoms with Crippen LogP contribution in [0.2, 0.25) is 0 Å². The second-order valence-electron chi connectivity index (χ2n) is 10.3. The quantitative estimate of drug-likeness (QED) is 0.306. The second-order valence-corrected chi connectivity index (χ2v) is 10.3. The van der Waals surface area contributed by atoms with Crippen molar-refractivity contribution in [2.75, 3.05) is 43.2 Å². The third-order valence-electron chi connectivity index (χ3n) is 6.83. The number of hydrogen-bond donors (Lipinski definition) is 4. The maximum atomic E-state index is 14.1. The number of hydrogen-bond acceptors (Lipinski definition) is 9. The number of carbonyl (C=O) groups is 2. The highest BCUT2D eigenvalue weighted by Crippen LogP contribution is 2.30. The summed E-state index contributed by atoms with van der Waals surface area (Å²) in [5.74, 6) is -0.552. The van der Waals surface area contributed by atoms with Crippen LogP contribution in [-0.4, -0.2) is 81.9 Å². The minimum absolute atomic E-state index is 0.0301. The second kappa shape index (κ2) is 11.8. The molecule has 2 fully saturated rings. The molecule has 0 aliphatic heterocycles. The van der Waals surface area contributed by atoms with E-state index in [0.29, 0.717) is 30.7 Å². The van der Waals surface area contributed by atoms with Gasteiger partial charge in [-0.05, 0) is 58.7 Å². The first-order valence-electron chi connectivity index (χ1n) is 13.3. The maximum Gasteiger partial charge on any atom is 0.407 e. The van der Waals surface area contributed by atoms with Gasteiger partial charge in [0.15, 0.2) is 17.2 Å². The Morgan fingerprint density at radius 1 is 1.05 bits per heavy atom. The molecule has 0 spiro atoms. The summed E-state index contributed by atoms with van der Waals surface area (Å²) >= 11 is 0. The SMILES string of the molecule is CN(C)CCOC(=O)NC1CCC(Nc2cc(NC3CC3)c3ncc(C(=O)Nc4ccncc4F)n3n2)CC1. The molecule has 39 heavy (non-hydrogen) atoms. The largest absolute Gasteiger partial charge is 0.448 e. The van der Waals surface area contributed by atoms with Crippen molar-refractivity contribution in [1.82, 2.24) is 29.8 Å². The molecule has 0 atom stereocenters. The van der Waals surface area contributed by atoms with Crippen LogP contribution >= 0.6 is 0 Å². The number of anilines is 3. The maximum absolute atomic E-state index is 14.1. The van der Waals surface area contributed by atoms with E-state index >= 15 is 0 Å². The van der Waals surface area contributed by atoms with E-state index in [0.717, 1.165) is 50.4 Å². The molecule has 12 nitrogen and oxygen atoms in total. The molecular weight excluding hydrogens is 505 g/mol. The fourth-order valence-corrected chi connectivity index (χ4v) is 4.53. The lowest BCUT2D eigenvalue weighted by Crippen LogP contribution is -2.41. The van der Waals surface area contributed by atoms with Gasteiger partial charge in [0, 0.05) is 36.9 Å². The van der Waals surface area contributed by atoms with Crippen molar-refractivity contribution in [1.29, 1.82) is 0 Å². The van der Waals surface area contributed by atoms with Crippen molar-refractivity contribution < 1.29 is 18.7 Å². The molecule has 4 N–H and O–H groups in total. The van der Waals surface area contributed by atoms with E-state index in [-0.39, 0.29) is 29.6 Å². The summed E-state index contributed by atoms with van der Waals surface area (Å²) in [6, 6.07) is 3.89. The Morgan fingerprint density at radius 2 is 1.77 bits per heavy atom. The van der Waals surface area contributed by atoms with Crippen LogP contribution in [0.15, 0.2) is 30.7 Å². The summed E-state index contributed by atoms with van der Waals surface area (Å²) in [5.41, 5.74) is 1.51. The molecule has 0 unspecified atom stereocenters. The Balaban J connectivity index is 1.25. The number of ether oxygens (including phenoxy) is 1. The summed E-state index contributed by atoms with van der Waals surface area (Å²) < 4.78 is 20.8. The van der Waals surface area contributed by atoms with Crippen molar-refractivity contribution in [2.45, 2.75) is 56.7 Å². The number of likely N-dealkylation sites (N-methyl/N-ethyl adjacent to an activating group) is 1. The summed E-state index contributed by atoms with van der Waals surface area (Å²) in [6.07, 6.45) is 8.95. The fourth-order valence-electron chi connectivity index (χ4n) is 4.53. The van der Waals surface area contributed by atoms with Crippen LogP contribution in [0.4, 0.5) is 26.4 Å². The van der Waals surface area contributed by atoms with E-state index in [2.05, 4.69) is 36.3 Å². The molecule has 0 aromatic carbocycles. The van der Waals surface area contributed by atoms with Gasteiger partial charge in [-0.15, -0.1) is 5.10 Å². The monoisotopic (exact) mass is 539 g/mol. The van der Waals surface area contributed by atoms with Crippen LogP contribution in [0, 0.1) is 5.82 Å². The highest BCUT2D eigenvalue weighted by Gasteiger charge is 2.26. The van der Waals surface area contributed by atoms with E-state index in [4.69, 9.17) is 4.74 Å². The van der Waals surface area contributed by atoms with Crippen molar-refractivity contribution >= 4 is 34.8 Å². The number of aromatic nitrogens is 4. The molecule has 2 amide bonds. The van der Waals surface area contributed by atoms with Crippen LogP contribution < -0.4 is 21.3 Å². The zero-order valence-electron chi connectivity index (χ0n) is 22.1. The number of alkyl carbamates (subject to hydrolysis) is 1. The highest BCUT2D eigenvalue weighted by atomic mass is 19.1.